The van der Waals surface area contributed by atoms with Gasteiger partial charge in [-0.2, -0.15) is 0 Å². The van der Waals surface area contributed by atoms with Crippen molar-refractivity contribution < 1.29 is 0 Å². The van der Waals surface area contributed by atoms with Crippen LogP contribution >= 0.6 is 22.6 Å². The van der Waals surface area contributed by atoms with Crippen LogP contribution in [0.25, 0.3) is 0 Å². The Kier molecular flexibility index (Phi) is 4.13. The highest BCUT2D eigenvalue weighted by Gasteiger charge is 2.25. The molecule has 0 aliphatic carbocycles. The topological polar surface area (TPSA) is 26.0 Å². The van der Waals surface area contributed by atoms with Crippen molar-refractivity contribution in [3.05, 3.63) is 46.1 Å². The Hall–Kier alpha value is -0.350. The van der Waals surface area contributed by atoms with Crippen molar-refractivity contribution in [3.8, 4) is 0 Å². The van der Waals surface area contributed by atoms with E-state index in [1.54, 1.807) is 0 Å². The third-order valence-electron chi connectivity index (χ3n) is 2.57. The molecule has 14 heavy (non-hydrogen) atoms. The van der Waals surface area contributed by atoms with Crippen molar-refractivity contribution >= 4 is 22.6 Å². The van der Waals surface area contributed by atoms with Gasteiger partial charge in [0.15, 0.2) is 0 Å². The average molecular weight is 301 g/mol. The van der Waals surface area contributed by atoms with Crippen LogP contribution in [-0.2, 0) is 5.41 Å². The SMILES string of the molecule is C=CCC(C)(CN)c1ccccc1I. The zero-order chi connectivity index (χ0) is 10.6. The molecule has 0 heterocycles. The van der Waals surface area contributed by atoms with E-state index in [1.807, 2.05) is 6.08 Å². The zero-order valence-electron chi connectivity index (χ0n) is 8.46. The largest absolute Gasteiger partial charge is 0.330 e. The smallest absolute Gasteiger partial charge is 0.0168 e. The van der Waals surface area contributed by atoms with Crippen LogP contribution in [0.15, 0.2) is 36.9 Å². The Morgan fingerprint density at radius 3 is 2.64 bits per heavy atom. The lowest BCUT2D eigenvalue weighted by atomic mass is 9.80. The van der Waals surface area contributed by atoms with E-state index in [0.717, 1.165) is 6.42 Å². The summed E-state index contributed by atoms with van der Waals surface area (Å²) in [5, 5.41) is 0. The second kappa shape index (κ2) is 4.94. The lowest BCUT2D eigenvalue weighted by molar-refractivity contribution is 0.489. The van der Waals surface area contributed by atoms with Gasteiger partial charge >= 0.3 is 0 Å². The molecule has 1 atom stereocenters. The molecule has 1 aromatic carbocycles. The molecular formula is C12H16IN. The molecule has 0 spiro atoms. The van der Waals surface area contributed by atoms with Gasteiger partial charge in [0.25, 0.3) is 0 Å². The summed E-state index contributed by atoms with van der Waals surface area (Å²) in [7, 11) is 0. The highest BCUT2D eigenvalue weighted by atomic mass is 127. The normalized spacial score (nSPS) is 14.8. The van der Waals surface area contributed by atoms with Gasteiger partial charge in [-0.25, -0.2) is 0 Å². The summed E-state index contributed by atoms with van der Waals surface area (Å²) in [6, 6.07) is 8.38. The molecule has 1 nitrogen and oxygen atoms in total. The standard InChI is InChI=1S/C12H16IN/c1-3-8-12(2,9-14)10-6-4-5-7-11(10)13/h3-7H,1,8-9,14H2,2H3. The molecule has 76 valence electrons. The molecule has 0 saturated carbocycles. The van der Waals surface area contributed by atoms with Gasteiger partial charge < -0.3 is 5.73 Å². The fourth-order valence-electron chi connectivity index (χ4n) is 1.57. The van der Waals surface area contributed by atoms with Gasteiger partial charge in [-0.3, -0.25) is 0 Å². The summed E-state index contributed by atoms with van der Waals surface area (Å²) in [4.78, 5) is 0. The van der Waals surface area contributed by atoms with Crippen molar-refractivity contribution in [2.75, 3.05) is 6.54 Å². The monoisotopic (exact) mass is 301 g/mol. The average Bonchev–Trinajstić information content (AvgIpc) is 2.18. The van der Waals surface area contributed by atoms with Gasteiger partial charge in [-0.05, 0) is 40.6 Å². The number of hydrogen-bond acceptors (Lipinski definition) is 1. The molecule has 1 rings (SSSR count). The number of benzene rings is 1. The Morgan fingerprint density at radius 1 is 1.50 bits per heavy atom. The first-order chi connectivity index (χ1) is 6.64. The Morgan fingerprint density at radius 2 is 2.14 bits per heavy atom. The molecule has 2 N–H and O–H groups in total. The molecule has 0 saturated heterocycles. The van der Waals surface area contributed by atoms with Crippen LogP contribution in [0.2, 0.25) is 0 Å². The van der Waals surface area contributed by atoms with Crippen LogP contribution in [0, 0.1) is 3.57 Å². The Labute approximate surface area is 99.5 Å². The maximum atomic E-state index is 5.84. The Bertz CT molecular complexity index is 322. The first kappa shape index (κ1) is 11.7. The van der Waals surface area contributed by atoms with Crippen LogP contribution in [0.4, 0.5) is 0 Å². The summed E-state index contributed by atoms with van der Waals surface area (Å²) < 4.78 is 1.28. The Balaban J connectivity index is 3.11. The minimum atomic E-state index is 0.0273. The van der Waals surface area contributed by atoms with E-state index in [-0.39, 0.29) is 5.41 Å². The molecule has 1 unspecified atom stereocenters. The molecule has 0 fully saturated rings. The predicted molar refractivity (Wildman–Crippen MR) is 70.4 cm³/mol. The highest BCUT2D eigenvalue weighted by Crippen LogP contribution is 2.30. The molecule has 0 radical (unpaired) electrons. The van der Waals surface area contributed by atoms with Crippen molar-refractivity contribution in [2.45, 2.75) is 18.8 Å². The summed E-state index contributed by atoms with van der Waals surface area (Å²) in [6.45, 7) is 6.63. The fraction of sp³-hybridized carbons (Fsp3) is 0.333. The highest BCUT2D eigenvalue weighted by molar-refractivity contribution is 14.1. The van der Waals surface area contributed by atoms with E-state index in [4.69, 9.17) is 5.73 Å². The molecule has 0 aromatic heterocycles. The summed E-state index contributed by atoms with van der Waals surface area (Å²) in [5.41, 5.74) is 7.19. The van der Waals surface area contributed by atoms with E-state index in [9.17, 15) is 0 Å². The lowest BCUT2D eigenvalue weighted by Gasteiger charge is -2.28. The van der Waals surface area contributed by atoms with Gasteiger partial charge in [-0.1, -0.05) is 31.2 Å². The second-order valence-electron chi connectivity index (χ2n) is 3.74. The number of rotatable bonds is 4. The molecule has 2 heteroatoms. The van der Waals surface area contributed by atoms with Crippen molar-refractivity contribution in [2.24, 2.45) is 5.73 Å². The minimum Gasteiger partial charge on any atom is -0.330 e. The van der Waals surface area contributed by atoms with Crippen LogP contribution in [0.1, 0.15) is 18.9 Å². The fourth-order valence-corrected chi connectivity index (χ4v) is 2.61. The third kappa shape index (κ3) is 2.36. The molecule has 0 amide bonds. The van der Waals surface area contributed by atoms with Crippen LogP contribution in [-0.4, -0.2) is 6.54 Å². The van der Waals surface area contributed by atoms with E-state index in [2.05, 4.69) is 60.4 Å². The summed E-state index contributed by atoms with van der Waals surface area (Å²) in [5.74, 6) is 0. The maximum absolute atomic E-state index is 5.84. The maximum Gasteiger partial charge on any atom is 0.0168 e. The molecular weight excluding hydrogens is 285 g/mol. The first-order valence-corrected chi connectivity index (χ1v) is 5.78. The van der Waals surface area contributed by atoms with Gasteiger partial charge in [0.05, 0.1) is 0 Å². The second-order valence-corrected chi connectivity index (χ2v) is 4.90. The molecule has 0 bridgehead atoms. The van der Waals surface area contributed by atoms with Crippen LogP contribution < -0.4 is 5.73 Å². The number of hydrogen-bond donors (Lipinski definition) is 1. The molecule has 1 aromatic rings. The minimum absolute atomic E-state index is 0.0273. The van der Waals surface area contributed by atoms with Gasteiger partial charge in [0.2, 0.25) is 0 Å². The van der Waals surface area contributed by atoms with Crippen molar-refractivity contribution in [1.29, 1.82) is 0 Å². The molecule has 0 aliphatic heterocycles. The quantitative estimate of drug-likeness (QED) is 0.671. The van der Waals surface area contributed by atoms with Crippen molar-refractivity contribution in [3.63, 3.8) is 0 Å². The van der Waals surface area contributed by atoms with E-state index in [1.165, 1.54) is 9.13 Å². The summed E-state index contributed by atoms with van der Waals surface area (Å²) in [6.07, 6.45) is 2.86. The first-order valence-electron chi connectivity index (χ1n) is 4.70. The number of halogens is 1. The van der Waals surface area contributed by atoms with Gasteiger partial charge in [0, 0.05) is 15.5 Å². The lowest BCUT2D eigenvalue weighted by Crippen LogP contribution is -2.32. The molecule has 0 aliphatic rings. The summed E-state index contributed by atoms with van der Waals surface area (Å²) >= 11 is 2.36. The number of allylic oxidation sites excluding steroid dienone is 1. The van der Waals surface area contributed by atoms with E-state index in [0.29, 0.717) is 6.54 Å². The van der Waals surface area contributed by atoms with Crippen molar-refractivity contribution in [1.82, 2.24) is 0 Å². The third-order valence-corrected chi connectivity index (χ3v) is 3.51. The van der Waals surface area contributed by atoms with E-state index < -0.39 is 0 Å². The van der Waals surface area contributed by atoms with Crippen LogP contribution in [0.5, 0.6) is 0 Å². The van der Waals surface area contributed by atoms with E-state index >= 15 is 0 Å². The number of nitrogens with two attached hydrogens (primary N) is 1. The zero-order valence-corrected chi connectivity index (χ0v) is 10.6. The van der Waals surface area contributed by atoms with Crippen LogP contribution in [0.3, 0.4) is 0 Å². The van der Waals surface area contributed by atoms with Gasteiger partial charge in [-0.15, -0.1) is 6.58 Å². The predicted octanol–water partition coefficient (Wildman–Crippen LogP) is 3.08. The van der Waals surface area contributed by atoms with Gasteiger partial charge in [0.1, 0.15) is 0 Å².